The quantitative estimate of drug-likeness (QED) is 0.403. The van der Waals surface area contributed by atoms with Crippen molar-refractivity contribution in [3.63, 3.8) is 0 Å². The van der Waals surface area contributed by atoms with E-state index in [4.69, 9.17) is 4.98 Å². The number of rotatable bonds is 4. The molecule has 2 aromatic carbocycles. The van der Waals surface area contributed by atoms with Gasteiger partial charge in [-0.05, 0) is 42.8 Å². The highest BCUT2D eigenvalue weighted by Gasteiger charge is 2.20. The first-order valence-corrected chi connectivity index (χ1v) is 10.4. The van der Waals surface area contributed by atoms with E-state index < -0.39 is 0 Å². The lowest BCUT2D eigenvalue weighted by molar-refractivity contribution is 0.198. The van der Waals surface area contributed by atoms with E-state index in [0.29, 0.717) is 40.2 Å². The number of anilines is 3. The van der Waals surface area contributed by atoms with Gasteiger partial charge >= 0.3 is 0 Å². The van der Waals surface area contributed by atoms with Crippen molar-refractivity contribution < 1.29 is 9.50 Å². The van der Waals surface area contributed by atoms with Crippen molar-refractivity contribution in [2.24, 2.45) is 0 Å². The first kappa shape index (κ1) is 18.8. The maximum absolute atomic E-state index is 14.5. The molecule has 32 heavy (non-hydrogen) atoms. The number of halogens is 1. The molecule has 0 bridgehead atoms. The summed E-state index contributed by atoms with van der Waals surface area (Å²) in [4.78, 5) is 11.3. The van der Waals surface area contributed by atoms with Gasteiger partial charge in [-0.2, -0.15) is 5.10 Å². The van der Waals surface area contributed by atoms with Crippen molar-refractivity contribution in [1.82, 2.24) is 24.6 Å². The molecule has 1 fully saturated rings. The van der Waals surface area contributed by atoms with Crippen LogP contribution >= 0.6 is 0 Å². The fourth-order valence-corrected chi connectivity index (χ4v) is 4.18. The van der Waals surface area contributed by atoms with Gasteiger partial charge < -0.3 is 19.7 Å². The molecule has 8 nitrogen and oxygen atoms in total. The number of nitrogens with one attached hydrogen (secondary N) is 2. The van der Waals surface area contributed by atoms with Crippen LogP contribution in [0.15, 0.2) is 61.2 Å². The highest BCUT2D eigenvalue weighted by Crippen LogP contribution is 2.29. The SMILES string of the molecule is O[C@H]1CCN(c2ccc(Nc3nc(-c4cc(F)c5cn[nH]c5c4)cn4ccnc34)cc2)C1. The van der Waals surface area contributed by atoms with Crippen LogP contribution in [-0.4, -0.2) is 48.9 Å². The lowest BCUT2D eigenvalue weighted by Gasteiger charge is -2.18. The van der Waals surface area contributed by atoms with E-state index in [2.05, 4.69) is 25.4 Å². The predicted octanol–water partition coefficient (Wildman–Crippen LogP) is 3.73. The van der Waals surface area contributed by atoms with E-state index in [0.717, 1.165) is 24.3 Å². The molecule has 0 aliphatic carbocycles. The average Bonchev–Trinajstić information content (AvgIpc) is 3.54. The van der Waals surface area contributed by atoms with E-state index in [1.54, 1.807) is 6.20 Å². The zero-order valence-corrected chi connectivity index (χ0v) is 17.0. The zero-order chi connectivity index (χ0) is 21.7. The van der Waals surface area contributed by atoms with E-state index in [1.165, 1.54) is 12.3 Å². The minimum absolute atomic E-state index is 0.265. The Morgan fingerprint density at radius 2 is 2.06 bits per heavy atom. The number of aromatic amines is 1. The largest absolute Gasteiger partial charge is 0.391 e. The molecule has 1 aliphatic rings. The van der Waals surface area contributed by atoms with E-state index in [1.807, 2.05) is 47.1 Å². The molecule has 0 spiro atoms. The molecule has 160 valence electrons. The Bertz CT molecular complexity index is 1430. The molecule has 0 unspecified atom stereocenters. The number of β-amino-alcohol motifs (C(OH)–C–C–N with tert-alkyl or cyclic N) is 1. The van der Waals surface area contributed by atoms with Crippen molar-refractivity contribution in [2.45, 2.75) is 12.5 Å². The number of aliphatic hydroxyl groups is 1. The summed E-state index contributed by atoms with van der Waals surface area (Å²) in [5.74, 6) is 0.220. The maximum Gasteiger partial charge on any atom is 0.180 e. The van der Waals surface area contributed by atoms with Gasteiger partial charge in [0.2, 0.25) is 0 Å². The highest BCUT2D eigenvalue weighted by molar-refractivity contribution is 5.84. The van der Waals surface area contributed by atoms with Crippen molar-refractivity contribution in [1.29, 1.82) is 0 Å². The molecular formula is C23H20FN7O. The number of hydrogen-bond donors (Lipinski definition) is 3. The minimum atomic E-state index is -0.351. The Morgan fingerprint density at radius 3 is 2.88 bits per heavy atom. The standard InChI is InChI=1S/C23H20FN7O/c24-19-9-14(10-20-18(19)11-26-29-20)21-13-31-8-6-25-23(31)22(28-21)27-15-1-3-16(4-2-15)30-7-5-17(32)12-30/h1-4,6,8-11,13,17,32H,5,7,12H2,(H,26,29)(H,27,28)/t17-/m0/s1. The lowest BCUT2D eigenvalue weighted by atomic mass is 10.1. The summed E-state index contributed by atoms with van der Waals surface area (Å²) in [6, 6.07) is 11.3. The molecule has 1 aliphatic heterocycles. The van der Waals surface area contributed by atoms with Gasteiger partial charge in [-0.25, -0.2) is 14.4 Å². The molecule has 3 aromatic heterocycles. The van der Waals surface area contributed by atoms with Gasteiger partial charge in [-0.15, -0.1) is 0 Å². The summed E-state index contributed by atoms with van der Waals surface area (Å²) in [5.41, 5.74) is 4.46. The van der Waals surface area contributed by atoms with Gasteiger partial charge in [-0.3, -0.25) is 5.10 Å². The van der Waals surface area contributed by atoms with E-state index in [9.17, 15) is 9.50 Å². The van der Waals surface area contributed by atoms with Crippen LogP contribution in [0, 0.1) is 5.82 Å². The summed E-state index contributed by atoms with van der Waals surface area (Å²) in [6.07, 6.45) is 7.36. The first-order chi connectivity index (χ1) is 15.6. The second-order valence-corrected chi connectivity index (χ2v) is 7.98. The van der Waals surface area contributed by atoms with E-state index >= 15 is 0 Å². The van der Waals surface area contributed by atoms with Crippen LogP contribution in [0.1, 0.15) is 6.42 Å². The molecular weight excluding hydrogens is 409 g/mol. The summed E-state index contributed by atoms with van der Waals surface area (Å²) >= 11 is 0. The summed E-state index contributed by atoms with van der Waals surface area (Å²) in [7, 11) is 0. The molecule has 4 heterocycles. The topological polar surface area (TPSA) is 94.4 Å². The number of benzene rings is 2. The molecule has 9 heteroatoms. The van der Waals surface area contributed by atoms with Crippen molar-refractivity contribution in [3.05, 3.63) is 67.0 Å². The van der Waals surface area contributed by atoms with Gasteiger partial charge in [0.25, 0.3) is 0 Å². The number of H-pyrrole nitrogens is 1. The lowest BCUT2D eigenvalue weighted by Crippen LogP contribution is -2.20. The van der Waals surface area contributed by atoms with Gasteiger partial charge in [0.15, 0.2) is 11.5 Å². The summed E-state index contributed by atoms with van der Waals surface area (Å²) < 4.78 is 16.4. The fourth-order valence-electron chi connectivity index (χ4n) is 4.18. The number of aromatic nitrogens is 5. The Balaban J connectivity index is 1.35. The Labute approximate surface area is 182 Å². The normalized spacial score (nSPS) is 16.3. The molecule has 0 amide bonds. The first-order valence-electron chi connectivity index (χ1n) is 10.4. The Kier molecular flexibility index (Phi) is 4.29. The number of aliphatic hydroxyl groups excluding tert-OH is 1. The minimum Gasteiger partial charge on any atom is -0.391 e. The fraction of sp³-hybridized carbons (Fsp3) is 0.174. The molecule has 0 saturated carbocycles. The van der Waals surface area contributed by atoms with E-state index in [-0.39, 0.29) is 11.9 Å². The average molecular weight is 429 g/mol. The smallest absolute Gasteiger partial charge is 0.180 e. The summed E-state index contributed by atoms with van der Waals surface area (Å²) in [6.45, 7) is 1.51. The molecule has 3 N–H and O–H groups in total. The molecule has 1 atom stereocenters. The van der Waals surface area contributed by atoms with Crippen LogP contribution in [0.3, 0.4) is 0 Å². The van der Waals surface area contributed by atoms with Gasteiger partial charge in [0.05, 0.1) is 28.9 Å². The van der Waals surface area contributed by atoms with Crippen LogP contribution in [0.5, 0.6) is 0 Å². The Hall–Kier alpha value is -3.98. The molecule has 1 saturated heterocycles. The highest BCUT2D eigenvalue weighted by atomic mass is 19.1. The third kappa shape index (κ3) is 3.23. The third-order valence-electron chi connectivity index (χ3n) is 5.84. The van der Waals surface area contributed by atoms with Crippen molar-refractivity contribution >= 4 is 33.7 Å². The second-order valence-electron chi connectivity index (χ2n) is 7.98. The van der Waals surface area contributed by atoms with Crippen LogP contribution < -0.4 is 10.2 Å². The number of hydrogen-bond acceptors (Lipinski definition) is 6. The number of imidazole rings is 1. The molecule has 0 radical (unpaired) electrons. The van der Waals surface area contributed by atoms with Crippen LogP contribution in [0.4, 0.5) is 21.6 Å². The Morgan fingerprint density at radius 1 is 1.19 bits per heavy atom. The molecule has 6 rings (SSSR count). The van der Waals surface area contributed by atoms with Crippen LogP contribution in [0.2, 0.25) is 0 Å². The monoisotopic (exact) mass is 429 g/mol. The van der Waals surface area contributed by atoms with Crippen molar-refractivity contribution in [2.75, 3.05) is 23.3 Å². The van der Waals surface area contributed by atoms with Crippen molar-refractivity contribution in [3.8, 4) is 11.3 Å². The molecule has 5 aromatic rings. The van der Waals surface area contributed by atoms with Crippen LogP contribution in [0.25, 0.3) is 27.8 Å². The van der Waals surface area contributed by atoms with Crippen LogP contribution in [-0.2, 0) is 0 Å². The van der Waals surface area contributed by atoms with Gasteiger partial charge in [0.1, 0.15) is 5.82 Å². The maximum atomic E-state index is 14.5. The van der Waals surface area contributed by atoms with Gasteiger partial charge in [-0.1, -0.05) is 0 Å². The number of nitrogens with zero attached hydrogens (tertiary/aromatic N) is 5. The van der Waals surface area contributed by atoms with Gasteiger partial charge in [0, 0.05) is 48.6 Å². The predicted molar refractivity (Wildman–Crippen MR) is 121 cm³/mol. The summed E-state index contributed by atoms with van der Waals surface area (Å²) in [5, 5.41) is 20.3. The zero-order valence-electron chi connectivity index (χ0n) is 17.0. The third-order valence-corrected chi connectivity index (χ3v) is 5.84. The number of fused-ring (bicyclic) bond motifs is 2. The second kappa shape index (κ2) is 7.31.